The third-order valence-corrected chi connectivity index (χ3v) is 8.14. The maximum absolute atomic E-state index is 9.77. The van der Waals surface area contributed by atoms with E-state index in [4.69, 9.17) is 4.98 Å². The van der Waals surface area contributed by atoms with Crippen molar-refractivity contribution in [1.29, 1.82) is 0 Å². The van der Waals surface area contributed by atoms with Crippen LogP contribution in [0, 0.1) is 17.9 Å². The molecule has 0 bridgehead atoms. The van der Waals surface area contributed by atoms with E-state index in [0.717, 1.165) is 48.4 Å². The standard InChI is InChI=1S/C20H18N.C10H18O2.Ir/c1-2-9-16(10-3-1)19-14-13-18-17(15-7-4-5-8-15)11-6-12-20(18)21-19;11-8-4-2-1-3-7-5-6-9(12)10(7)8;/h1-3,6,9,11-15H,4-5,7-8H2;7-12H,1-6H2;/q-1;;. The molecular formula is C30H36IrNO2-. The van der Waals surface area contributed by atoms with Crippen LogP contribution in [0.2, 0.25) is 0 Å². The Hall–Kier alpha value is -1.58. The second-order valence-electron chi connectivity index (χ2n) is 10.2. The van der Waals surface area contributed by atoms with Gasteiger partial charge in [-0.15, -0.1) is 35.9 Å². The van der Waals surface area contributed by atoms with Gasteiger partial charge in [-0.25, -0.2) is 0 Å². The van der Waals surface area contributed by atoms with E-state index in [0.29, 0.717) is 5.92 Å². The zero-order valence-electron chi connectivity index (χ0n) is 19.8. The average Bonchev–Trinajstić information content (AvgIpc) is 3.48. The molecule has 0 spiro atoms. The number of benzene rings is 2. The number of hydrogen-bond acceptors (Lipinski definition) is 3. The van der Waals surface area contributed by atoms with Gasteiger partial charge in [0.25, 0.3) is 0 Å². The summed E-state index contributed by atoms with van der Waals surface area (Å²) in [4.78, 5) is 4.85. The maximum Gasteiger partial charge on any atom is 0.0598 e. The molecular weight excluding hydrogens is 599 g/mol. The molecule has 3 aliphatic carbocycles. The average molecular weight is 635 g/mol. The summed E-state index contributed by atoms with van der Waals surface area (Å²) in [6, 6.07) is 22.2. The zero-order chi connectivity index (χ0) is 22.6. The topological polar surface area (TPSA) is 53.4 Å². The Bertz CT molecular complexity index is 1050. The van der Waals surface area contributed by atoms with Gasteiger partial charge < -0.3 is 10.2 Å². The molecule has 3 aliphatic rings. The first kappa shape index (κ1) is 25.5. The fraction of sp³-hybridized carbons (Fsp3) is 0.500. The minimum absolute atomic E-state index is 0. The zero-order valence-corrected chi connectivity index (χ0v) is 22.2. The minimum atomic E-state index is -0.227. The Morgan fingerprint density at radius 3 is 2.29 bits per heavy atom. The molecule has 4 heteroatoms. The van der Waals surface area contributed by atoms with Crippen molar-refractivity contribution in [3.63, 3.8) is 0 Å². The Morgan fingerprint density at radius 1 is 0.735 bits per heavy atom. The number of nitrogens with zero attached hydrogens (tertiary/aromatic N) is 1. The first-order valence-electron chi connectivity index (χ1n) is 12.9. The molecule has 2 aromatic carbocycles. The molecule has 2 N–H and O–H groups in total. The molecule has 3 nitrogen and oxygen atoms in total. The van der Waals surface area contributed by atoms with Crippen LogP contribution in [0.3, 0.4) is 0 Å². The molecule has 0 saturated heterocycles. The molecule has 3 fully saturated rings. The van der Waals surface area contributed by atoms with Gasteiger partial charge in [-0.2, -0.15) is 0 Å². The van der Waals surface area contributed by atoms with Crippen LogP contribution in [-0.2, 0) is 20.1 Å². The number of aliphatic hydroxyl groups excluding tert-OH is 2. The monoisotopic (exact) mass is 635 g/mol. The molecule has 0 amide bonds. The van der Waals surface area contributed by atoms with Crippen molar-refractivity contribution in [3.05, 3.63) is 66.2 Å². The summed E-state index contributed by atoms with van der Waals surface area (Å²) in [6.07, 6.45) is 11.5. The van der Waals surface area contributed by atoms with Crippen LogP contribution < -0.4 is 0 Å². The SMILES string of the molecule is OC1CCCCC2CCC(O)C12.[Ir].[c-]1ccccc1-c1ccc2c(C3CCCC3)cccc2n1. The van der Waals surface area contributed by atoms with E-state index in [1.807, 2.05) is 18.2 Å². The van der Waals surface area contributed by atoms with Gasteiger partial charge in [0.1, 0.15) is 0 Å². The second kappa shape index (κ2) is 11.9. The van der Waals surface area contributed by atoms with Crippen molar-refractivity contribution in [3.8, 4) is 11.3 Å². The van der Waals surface area contributed by atoms with Gasteiger partial charge in [-0.1, -0.05) is 49.9 Å². The first-order valence-corrected chi connectivity index (χ1v) is 12.9. The fourth-order valence-corrected chi connectivity index (χ4v) is 6.42. The molecule has 34 heavy (non-hydrogen) atoms. The van der Waals surface area contributed by atoms with Gasteiger partial charge in [-0.05, 0) is 67.7 Å². The van der Waals surface area contributed by atoms with Crippen molar-refractivity contribution < 1.29 is 30.3 Å². The van der Waals surface area contributed by atoms with E-state index in [2.05, 4.69) is 42.5 Å². The largest absolute Gasteiger partial charge is 0.393 e. The number of rotatable bonds is 2. The molecule has 6 rings (SSSR count). The van der Waals surface area contributed by atoms with Gasteiger partial charge in [0, 0.05) is 31.4 Å². The van der Waals surface area contributed by atoms with Crippen LogP contribution in [0.5, 0.6) is 0 Å². The minimum Gasteiger partial charge on any atom is -0.393 e. The van der Waals surface area contributed by atoms with Crippen LogP contribution in [0.15, 0.2) is 54.6 Å². The Balaban J connectivity index is 0.000000180. The first-order chi connectivity index (χ1) is 16.2. The van der Waals surface area contributed by atoms with Crippen molar-refractivity contribution >= 4 is 10.9 Å². The van der Waals surface area contributed by atoms with E-state index in [-0.39, 0.29) is 38.2 Å². The molecule has 3 aromatic rings. The molecule has 183 valence electrons. The molecule has 4 atom stereocenters. The smallest absolute Gasteiger partial charge is 0.0598 e. The van der Waals surface area contributed by atoms with Crippen molar-refractivity contribution in [1.82, 2.24) is 4.98 Å². The van der Waals surface area contributed by atoms with Crippen molar-refractivity contribution in [2.24, 2.45) is 11.8 Å². The van der Waals surface area contributed by atoms with Gasteiger partial charge >= 0.3 is 0 Å². The van der Waals surface area contributed by atoms with Crippen LogP contribution >= 0.6 is 0 Å². The van der Waals surface area contributed by atoms with Gasteiger partial charge in [0.15, 0.2) is 0 Å². The number of aliphatic hydroxyl groups is 2. The van der Waals surface area contributed by atoms with E-state index in [9.17, 15) is 10.2 Å². The van der Waals surface area contributed by atoms with Crippen molar-refractivity contribution in [2.75, 3.05) is 0 Å². The van der Waals surface area contributed by atoms with Crippen molar-refractivity contribution in [2.45, 2.75) is 82.3 Å². The third kappa shape index (κ3) is 5.62. The van der Waals surface area contributed by atoms with E-state index < -0.39 is 0 Å². The normalized spacial score (nSPS) is 26.8. The third-order valence-electron chi connectivity index (χ3n) is 8.14. The summed E-state index contributed by atoms with van der Waals surface area (Å²) in [5, 5.41) is 20.8. The Kier molecular flexibility index (Phi) is 8.93. The van der Waals surface area contributed by atoms with E-state index in [1.165, 1.54) is 49.5 Å². The predicted molar refractivity (Wildman–Crippen MR) is 134 cm³/mol. The molecule has 3 saturated carbocycles. The predicted octanol–water partition coefficient (Wildman–Crippen LogP) is 6.67. The van der Waals surface area contributed by atoms with Crippen LogP contribution in [0.25, 0.3) is 22.2 Å². The number of hydrogen-bond donors (Lipinski definition) is 2. The maximum atomic E-state index is 9.77. The Morgan fingerprint density at radius 2 is 1.50 bits per heavy atom. The quantitative estimate of drug-likeness (QED) is 0.310. The summed E-state index contributed by atoms with van der Waals surface area (Å²) >= 11 is 0. The molecule has 0 aliphatic heterocycles. The van der Waals surface area contributed by atoms with Gasteiger partial charge in [0.2, 0.25) is 0 Å². The van der Waals surface area contributed by atoms with E-state index in [1.54, 1.807) is 0 Å². The summed E-state index contributed by atoms with van der Waals surface area (Å²) in [7, 11) is 0. The van der Waals surface area contributed by atoms with Crippen LogP contribution in [-0.4, -0.2) is 27.4 Å². The number of pyridine rings is 1. The van der Waals surface area contributed by atoms with Gasteiger partial charge in [0.05, 0.1) is 17.7 Å². The molecule has 1 aromatic heterocycles. The number of fused-ring (bicyclic) bond motifs is 2. The number of aromatic nitrogens is 1. The van der Waals surface area contributed by atoms with Crippen LogP contribution in [0.1, 0.15) is 75.7 Å². The summed E-state index contributed by atoms with van der Waals surface area (Å²) < 4.78 is 0. The molecule has 1 radical (unpaired) electrons. The molecule has 1 heterocycles. The summed E-state index contributed by atoms with van der Waals surface area (Å²) in [5.74, 6) is 1.54. The Labute approximate surface area is 217 Å². The van der Waals surface area contributed by atoms with Crippen LogP contribution in [0.4, 0.5) is 0 Å². The second-order valence-corrected chi connectivity index (χ2v) is 10.2. The molecule has 4 unspecified atom stereocenters. The van der Waals surface area contributed by atoms with Gasteiger partial charge in [-0.3, -0.25) is 4.98 Å². The fourth-order valence-electron chi connectivity index (χ4n) is 6.42. The summed E-state index contributed by atoms with van der Waals surface area (Å²) in [5.41, 5.74) is 4.66. The van der Waals surface area contributed by atoms with E-state index >= 15 is 0 Å². The summed E-state index contributed by atoms with van der Waals surface area (Å²) in [6.45, 7) is 0.